The van der Waals surface area contributed by atoms with Crippen molar-refractivity contribution in [2.45, 2.75) is 44.9 Å². The molecule has 0 aromatic heterocycles. The van der Waals surface area contributed by atoms with E-state index in [-0.39, 0.29) is 30.5 Å². The van der Waals surface area contributed by atoms with Crippen molar-refractivity contribution in [1.82, 2.24) is 5.32 Å². The molecule has 2 N–H and O–H groups in total. The molecule has 0 fully saturated rings. The predicted octanol–water partition coefficient (Wildman–Crippen LogP) is 4.73. The van der Waals surface area contributed by atoms with E-state index in [2.05, 4.69) is 5.32 Å². The average Bonchev–Trinajstić information content (AvgIpc) is 2.90. The van der Waals surface area contributed by atoms with Crippen LogP contribution in [0.2, 0.25) is 0 Å². The van der Waals surface area contributed by atoms with Gasteiger partial charge in [0.1, 0.15) is 0 Å². The fourth-order valence-corrected chi connectivity index (χ4v) is 5.14. The minimum Gasteiger partial charge on any atom is -0.504 e. The standard InChI is InChI=1S/C29H33NO7/c1-6-11-37-29(33)26-16(2)30-20-12-19(17-7-10-24(35-4)25(15-17)36-5)14-22(32)28(20)27(26)18-8-9-23(34-3)21(31)13-18/h7-10,13,15,19,27,30-31H,6,11-12,14H2,1-5H3/t19-,27-/m0/s1. The van der Waals surface area contributed by atoms with E-state index >= 15 is 0 Å². The summed E-state index contributed by atoms with van der Waals surface area (Å²) < 4.78 is 21.5. The van der Waals surface area contributed by atoms with E-state index in [1.54, 1.807) is 32.4 Å². The number of phenolic OH excluding ortho intramolecular Hbond substituents is 1. The Morgan fingerprint density at radius 3 is 2.30 bits per heavy atom. The molecule has 0 radical (unpaired) electrons. The number of carbonyl (C=O) groups excluding carboxylic acids is 2. The van der Waals surface area contributed by atoms with Crippen molar-refractivity contribution >= 4 is 11.8 Å². The number of dihydropyridines is 1. The first-order valence-corrected chi connectivity index (χ1v) is 12.3. The molecule has 0 unspecified atom stereocenters. The summed E-state index contributed by atoms with van der Waals surface area (Å²) in [6, 6.07) is 10.6. The highest BCUT2D eigenvalue weighted by molar-refractivity contribution is 6.04. The van der Waals surface area contributed by atoms with Gasteiger partial charge >= 0.3 is 5.97 Å². The lowest BCUT2D eigenvalue weighted by Gasteiger charge is -2.37. The zero-order chi connectivity index (χ0) is 26.7. The summed E-state index contributed by atoms with van der Waals surface area (Å²) in [5.41, 5.74) is 3.87. The molecule has 0 spiro atoms. The number of ketones is 1. The van der Waals surface area contributed by atoms with Gasteiger partial charge in [-0.2, -0.15) is 0 Å². The topological polar surface area (TPSA) is 103 Å². The Kier molecular flexibility index (Phi) is 7.76. The molecule has 0 bridgehead atoms. The molecule has 2 atom stereocenters. The molecular formula is C29H33NO7. The Morgan fingerprint density at radius 2 is 1.65 bits per heavy atom. The molecule has 1 heterocycles. The number of phenols is 1. The summed E-state index contributed by atoms with van der Waals surface area (Å²) in [5.74, 6) is 0.180. The van der Waals surface area contributed by atoms with Crippen molar-refractivity contribution in [1.29, 1.82) is 0 Å². The maximum atomic E-state index is 13.8. The van der Waals surface area contributed by atoms with Crippen LogP contribution in [0.25, 0.3) is 0 Å². The van der Waals surface area contributed by atoms with Crippen molar-refractivity contribution in [3.8, 4) is 23.0 Å². The van der Waals surface area contributed by atoms with Crippen LogP contribution in [-0.2, 0) is 14.3 Å². The van der Waals surface area contributed by atoms with E-state index in [9.17, 15) is 14.7 Å². The van der Waals surface area contributed by atoms with Crippen LogP contribution in [0, 0.1) is 0 Å². The molecule has 8 nitrogen and oxygen atoms in total. The number of esters is 1. The Labute approximate surface area is 216 Å². The van der Waals surface area contributed by atoms with Crippen molar-refractivity contribution in [3.63, 3.8) is 0 Å². The fraction of sp³-hybridized carbons (Fsp3) is 0.379. The third-order valence-corrected chi connectivity index (χ3v) is 6.90. The SMILES string of the molecule is CCCOC(=O)C1=C(C)NC2=C(C(=O)C[C@@H](c3ccc(OC)c(OC)c3)C2)[C@H]1c1ccc(OC)c(O)c1. The van der Waals surface area contributed by atoms with E-state index in [0.717, 1.165) is 11.3 Å². The maximum absolute atomic E-state index is 13.8. The van der Waals surface area contributed by atoms with Crippen molar-refractivity contribution in [2.75, 3.05) is 27.9 Å². The summed E-state index contributed by atoms with van der Waals surface area (Å²) in [7, 11) is 4.63. The van der Waals surface area contributed by atoms with E-state index in [0.29, 0.717) is 52.5 Å². The van der Waals surface area contributed by atoms with Crippen molar-refractivity contribution < 1.29 is 33.6 Å². The van der Waals surface area contributed by atoms with Crippen molar-refractivity contribution in [2.24, 2.45) is 0 Å². The van der Waals surface area contributed by atoms with E-state index in [4.69, 9.17) is 18.9 Å². The van der Waals surface area contributed by atoms with Crippen LogP contribution in [0.15, 0.2) is 58.9 Å². The first kappa shape index (κ1) is 26.1. The first-order chi connectivity index (χ1) is 17.8. The van der Waals surface area contributed by atoms with Gasteiger partial charge < -0.3 is 29.4 Å². The van der Waals surface area contributed by atoms with Gasteiger partial charge in [-0.15, -0.1) is 0 Å². The van der Waals surface area contributed by atoms with Gasteiger partial charge in [0, 0.05) is 29.3 Å². The minimum absolute atomic E-state index is 0.0638. The summed E-state index contributed by atoms with van der Waals surface area (Å²) in [5, 5.41) is 13.8. The number of allylic oxidation sites excluding steroid dienone is 3. The Morgan fingerprint density at radius 1 is 0.973 bits per heavy atom. The van der Waals surface area contributed by atoms with Gasteiger partial charge in [-0.05, 0) is 61.1 Å². The number of methoxy groups -OCH3 is 3. The number of benzene rings is 2. The molecule has 4 rings (SSSR count). The van der Waals surface area contributed by atoms with Gasteiger partial charge in [0.05, 0.1) is 33.5 Å². The molecule has 0 saturated carbocycles. The molecule has 0 saturated heterocycles. The second-order valence-corrected chi connectivity index (χ2v) is 9.20. The molecule has 0 amide bonds. The molecular weight excluding hydrogens is 474 g/mol. The van der Waals surface area contributed by atoms with Crippen LogP contribution in [0.1, 0.15) is 56.1 Å². The van der Waals surface area contributed by atoms with Crippen LogP contribution < -0.4 is 19.5 Å². The van der Waals surface area contributed by atoms with Gasteiger partial charge in [0.15, 0.2) is 28.8 Å². The highest BCUT2D eigenvalue weighted by atomic mass is 16.5. The van der Waals surface area contributed by atoms with Crippen LogP contribution in [0.4, 0.5) is 0 Å². The number of hydrogen-bond donors (Lipinski definition) is 2. The molecule has 196 valence electrons. The van der Waals surface area contributed by atoms with E-state index < -0.39 is 11.9 Å². The lowest BCUT2D eigenvalue weighted by molar-refractivity contribution is -0.139. The summed E-state index contributed by atoms with van der Waals surface area (Å²) in [6.45, 7) is 4.01. The van der Waals surface area contributed by atoms with E-state index in [1.807, 2.05) is 32.0 Å². The summed E-state index contributed by atoms with van der Waals surface area (Å²) >= 11 is 0. The smallest absolute Gasteiger partial charge is 0.336 e. The Balaban J connectivity index is 1.78. The summed E-state index contributed by atoms with van der Waals surface area (Å²) in [4.78, 5) is 26.9. The van der Waals surface area contributed by atoms with Gasteiger partial charge in [-0.3, -0.25) is 4.79 Å². The Hall–Kier alpha value is -3.94. The number of carbonyl (C=O) groups is 2. The number of hydrogen-bond acceptors (Lipinski definition) is 8. The van der Waals surface area contributed by atoms with Gasteiger partial charge in [-0.1, -0.05) is 19.1 Å². The van der Waals surface area contributed by atoms with Crippen molar-refractivity contribution in [3.05, 3.63) is 70.1 Å². The van der Waals surface area contributed by atoms with Gasteiger partial charge in [0.25, 0.3) is 0 Å². The number of ether oxygens (including phenoxy) is 4. The largest absolute Gasteiger partial charge is 0.504 e. The highest BCUT2D eigenvalue weighted by Crippen LogP contribution is 2.47. The zero-order valence-electron chi connectivity index (χ0n) is 21.8. The fourth-order valence-electron chi connectivity index (χ4n) is 5.14. The second kappa shape index (κ2) is 11.0. The van der Waals surface area contributed by atoms with Crippen LogP contribution in [0.3, 0.4) is 0 Å². The number of nitrogens with one attached hydrogen (secondary N) is 1. The monoisotopic (exact) mass is 507 g/mol. The quantitative estimate of drug-likeness (QED) is 0.494. The predicted molar refractivity (Wildman–Crippen MR) is 138 cm³/mol. The van der Waals surface area contributed by atoms with Crippen LogP contribution >= 0.6 is 0 Å². The third-order valence-electron chi connectivity index (χ3n) is 6.90. The molecule has 8 heteroatoms. The number of aromatic hydroxyl groups is 1. The van der Waals surface area contributed by atoms with Gasteiger partial charge in [0.2, 0.25) is 0 Å². The molecule has 2 aliphatic rings. The van der Waals surface area contributed by atoms with E-state index in [1.165, 1.54) is 7.11 Å². The van der Waals surface area contributed by atoms with Crippen LogP contribution in [0.5, 0.6) is 23.0 Å². The normalized spacial score (nSPS) is 19.2. The average molecular weight is 508 g/mol. The lowest BCUT2D eigenvalue weighted by atomic mass is 9.71. The lowest BCUT2D eigenvalue weighted by Crippen LogP contribution is -2.36. The first-order valence-electron chi connectivity index (χ1n) is 12.3. The summed E-state index contributed by atoms with van der Waals surface area (Å²) in [6.07, 6.45) is 1.52. The molecule has 1 aliphatic carbocycles. The number of rotatable bonds is 8. The molecule has 2 aromatic rings. The third kappa shape index (κ3) is 5.01. The second-order valence-electron chi connectivity index (χ2n) is 9.20. The highest BCUT2D eigenvalue weighted by Gasteiger charge is 2.41. The molecule has 2 aromatic carbocycles. The number of Topliss-reactive ketones (excluding diaryl/α,β-unsaturated/α-hetero) is 1. The Bertz CT molecular complexity index is 1280. The minimum atomic E-state index is -0.670. The van der Waals surface area contributed by atoms with Gasteiger partial charge in [-0.25, -0.2) is 4.79 Å². The maximum Gasteiger partial charge on any atom is 0.336 e. The zero-order valence-corrected chi connectivity index (χ0v) is 21.8. The molecule has 37 heavy (non-hydrogen) atoms. The molecule has 1 aliphatic heterocycles. The van der Waals surface area contributed by atoms with Crippen LogP contribution in [-0.4, -0.2) is 44.8 Å².